The molecule has 2 heteroatoms. The molecule has 2 atom stereocenters. The lowest BCUT2D eigenvalue weighted by Crippen LogP contribution is -2.54. The van der Waals surface area contributed by atoms with Gasteiger partial charge < -0.3 is 10.1 Å². The molecule has 2 unspecified atom stereocenters. The van der Waals surface area contributed by atoms with E-state index in [0.717, 1.165) is 31.3 Å². The van der Waals surface area contributed by atoms with Crippen molar-refractivity contribution >= 4 is 0 Å². The van der Waals surface area contributed by atoms with Crippen molar-refractivity contribution in [1.82, 2.24) is 5.32 Å². The van der Waals surface area contributed by atoms with E-state index in [2.05, 4.69) is 39.9 Å². The maximum absolute atomic E-state index is 6.42. The van der Waals surface area contributed by atoms with Crippen molar-refractivity contribution < 1.29 is 4.74 Å². The molecule has 0 aromatic carbocycles. The highest BCUT2D eigenvalue weighted by atomic mass is 16.5. The molecule has 2 fully saturated rings. The second kappa shape index (κ2) is 5.73. The van der Waals surface area contributed by atoms with Gasteiger partial charge in [0.1, 0.15) is 0 Å². The maximum atomic E-state index is 6.42. The minimum absolute atomic E-state index is 0.0593. The molecule has 0 aromatic heterocycles. The molecule has 1 aliphatic heterocycles. The highest BCUT2D eigenvalue weighted by molar-refractivity contribution is 4.90. The van der Waals surface area contributed by atoms with Crippen molar-refractivity contribution in [3.8, 4) is 0 Å². The van der Waals surface area contributed by atoms with E-state index in [0.29, 0.717) is 11.5 Å². The third-order valence-corrected chi connectivity index (χ3v) is 5.55. The van der Waals surface area contributed by atoms with Crippen LogP contribution in [0.4, 0.5) is 0 Å². The molecule has 1 aliphatic carbocycles. The van der Waals surface area contributed by atoms with Crippen molar-refractivity contribution in [1.29, 1.82) is 0 Å². The largest absolute Gasteiger partial charge is 0.369 e. The van der Waals surface area contributed by atoms with Crippen LogP contribution in [-0.2, 0) is 4.74 Å². The van der Waals surface area contributed by atoms with Crippen LogP contribution >= 0.6 is 0 Å². The second-order valence-electron chi connectivity index (χ2n) is 8.07. The molecule has 0 radical (unpaired) electrons. The maximum Gasteiger partial charge on any atom is 0.0780 e. The first-order valence-corrected chi connectivity index (χ1v) is 8.22. The molecule has 0 spiro atoms. The fourth-order valence-electron chi connectivity index (χ4n) is 3.76. The number of rotatable bonds is 2. The summed E-state index contributed by atoms with van der Waals surface area (Å²) >= 11 is 0. The lowest BCUT2D eigenvalue weighted by molar-refractivity contribution is -0.134. The van der Waals surface area contributed by atoms with Crippen molar-refractivity contribution in [2.24, 2.45) is 17.3 Å². The molecule has 2 rings (SSSR count). The Hall–Kier alpha value is -0.0800. The van der Waals surface area contributed by atoms with Gasteiger partial charge in [-0.1, -0.05) is 27.7 Å². The lowest BCUT2D eigenvalue weighted by Gasteiger charge is -2.45. The van der Waals surface area contributed by atoms with Gasteiger partial charge in [-0.15, -0.1) is 0 Å². The average molecular weight is 267 g/mol. The Balaban J connectivity index is 1.88. The monoisotopic (exact) mass is 267 g/mol. The van der Waals surface area contributed by atoms with Crippen LogP contribution in [0.3, 0.4) is 0 Å². The molecular formula is C17H33NO. The molecule has 19 heavy (non-hydrogen) atoms. The van der Waals surface area contributed by atoms with Crippen LogP contribution in [0, 0.1) is 17.3 Å². The SMILES string of the molecule is CCC1(C)CNCC(C2CCC(C(C)(C)C)CC2)O1. The van der Waals surface area contributed by atoms with Gasteiger partial charge >= 0.3 is 0 Å². The van der Waals surface area contributed by atoms with Crippen LogP contribution in [0.2, 0.25) is 0 Å². The Morgan fingerprint density at radius 2 is 1.79 bits per heavy atom. The first kappa shape index (κ1) is 15.3. The molecular weight excluding hydrogens is 234 g/mol. The van der Waals surface area contributed by atoms with E-state index < -0.39 is 0 Å². The predicted molar refractivity (Wildman–Crippen MR) is 81.3 cm³/mol. The Bertz CT molecular complexity index is 288. The van der Waals surface area contributed by atoms with Gasteiger partial charge in [-0.3, -0.25) is 0 Å². The van der Waals surface area contributed by atoms with E-state index in [9.17, 15) is 0 Å². The highest BCUT2D eigenvalue weighted by Crippen LogP contribution is 2.42. The van der Waals surface area contributed by atoms with E-state index in [1.165, 1.54) is 25.7 Å². The number of ether oxygens (including phenoxy) is 1. The van der Waals surface area contributed by atoms with Gasteiger partial charge in [-0.05, 0) is 56.3 Å². The first-order chi connectivity index (χ1) is 8.84. The molecule has 1 heterocycles. The molecule has 2 aliphatic rings. The number of hydrogen-bond acceptors (Lipinski definition) is 2. The summed E-state index contributed by atoms with van der Waals surface area (Å²) in [4.78, 5) is 0. The third kappa shape index (κ3) is 3.72. The summed E-state index contributed by atoms with van der Waals surface area (Å²) in [5.74, 6) is 1.68. The summed E-state index contributed by atoms with van der Waals surface area (Å²) in [5, 5.41) is 3.59. The zero-order valence-corrected chi connectivity index (χ0v) is 13.6. The van der Waals surface area contributed by atoms with Crippen LogP contribution in [0.1, 0.15) is 66.7 Å². The number of hydrogen-bond donors (Lipinski definition) is 1. The normalized spacial score (nSPS) is 41.2. The highest BCUT2D eigenvalue weighted by Gasteiger charge is 2.38. The molecule has 1 N–H and O–H groups in total. The molecule has 0 bridgehead atoms. The van der Waals surface area contributed by atoms with E-state index in [1.54, 1.807) is 0 Å². The van der Waals surface area contributed by atoms with Crippen molar-refractivity contribution in [3.05, 3.63) is 0 Å². The standard InChI is InChI=1S/C17H33NO/c1-6-17(5)12-18-11-15(19-17)13-7-9-14(10-8-13)16(2,3)4/h13-15,18H,6-12H2,1-5H3. The number of nitrogens with one attached hydrogen (secondary N) is 1. The van der Waals surface area contributed by atoms with Crippen LogP contribution in [-0.4, -0.2) is 24.8 Å². The minimum Gasteiger partial charge on any atom is -0.369 e. The Kier molecular flexibility index (Phi) is 4.62. The Morgan fingerprint density at radius 3 is 2.32 bits per heavy atom. The summed E-state index contributed by atoms with van der Waals surface area (Å²) < 4.78 is 6.42. The van der Waals surface area contributed by atoms with Crippen LogP contribution < -0.4 is 5.32 Å². The van der Waals surface area contributed by atoms with Gasteiger partial charge in [-0.2, -0.15) is 0 Å². The van der Waals surface area contributed by atoms with Crippen LogP contribution in [0.5, 0.6) is 0 Å². The fourth-order valence-corrected chi connectivity index (χ4v) is 3.76. The van der Waals surface area contributed by atoms with E-state index in [-0.39, 0.29) is 5.60 Å². The van der Waals surface area contributed by atoms with E-state index >= 15 is 0 Å². The zero-order valence-electron chi connectivity index (χ0n) is 13.6. The smallest absolute Gasteiger partial charge is 0.0780 e. The third-order valence-electron chi connectivity index (χ3n) is 5.55. The van der Waals surface area contributed by atoms with Crippen LogP contribution in [0.15, 0.2) is 0 Å². The van der Waals surface area contributed by atoms with Gasteiger partial charge in [0.2, 0.25) is 0 Å². The quantitative estimate of drug-likeness (QED) is 0.816. The van der Waals surface area contributed by atoms with Crippen molar-refractivity contribution in [2.45, 2.75) is 78.4 Å². The Morgan fingerprint density at radius 1 is 1.16 bits per heavy atom. The summed E-state index contributed by atoms with van der Waals surface area (Å²) in [6.07, 6.45) is 7.03. The van der Waals surface area contributed by atoms with E-state index in [1.807, 2.05) is 0 Å². The van der Waals surface area contributed by atoms with Crippen LogP contribution in [0.25, 0.3) is 0 Å². The molecule has 2 nitrogen and oxygen atoms in total. The molecule has 1 saturated carbocycles. The van der Waals surface area contributed by atoms with Gasteiger partial charge in [0.15, 0.2) is 0 Å². The molecule has 1 saturated heterocycles. The second-order valence-corrected chi connectivity index (χ2v) is 8.07. The summed E-state index contributed by atoms with van der Waals surface area (Å²) in [5.41, 5.74) is 0.540. The number of morpholine rings is 1. The van der Waals surface area contributed by atoms with E-state index in [4.69, 9.17) is 4.74 Å². The summed E-state index contributed by atoms with van der Waals surface area (Å²) in [6, 6.07) is 0. The van der Waals surface area contributed by atoms with Gasteiger partial charge in [0.05, 0.1) is 11.7 Å². The predicted octanol–water partition coefficient (Wildman–Crippen LogP) is 4.00. The zero-order chi connectivity index (χ0) is 14.1. The fraction of sp³-hybridized carbons (Fsp3) is 1.00. The van der Waals surface area contributed by atoms with Gasteiger partial charge in [0, 0.05) is 13.1 Å². The minimum atomic E-state index is 0.0593. The average Bonchev–Trinajstić information content (AvgIpc) is 2.38. The molecule has 112 valence electrons. The van der Waals surface area contributed by atoms with Crippen molar-refractivity contribution in [2.75, 3.05) is 13.1 Å². The van der Waals surface area contributed by atoms with Gasteiger partial charge in [0.25, 0.3) is 0 Å². The first-order valence-electron chi connectivity index (χ1n) is 8.22. The lowest BCUT2D eigenvalue weighted by atomic mass is 9.68. The van der Waals surface area contributed by atoms with Gasteiger partial charge in [-0.25, -0.2) is 0 Å². The Labute approximate surface area is 119 Å². The van der Waals surface area contributed by atoms with Crippen molar-refractivity contribution in [3.63, 3.8) is 0 Å². The molecule has 0 aromatic rings. The topological polar surface area (TPSA) is 21.3 Å². The summed E-state index contributed by atoms with van der Waals surface area (Å²) in [6.45, 7) is 13.7. The summed E-state index contributed by atoms with van der Waals surface area (Å²) in [7, 11) is 0. The molecule has 0 amide bonds.